The highest BCUT2D eigenvalue weighted by Crippen LogP contribution is 2.35. The summed E-state index contributed by atoms with van der Waals surface area (Å²) in [6.45, 7) is 0.934. The monoisotopic (exact) mass is 538 g/mol. The standard InChI is InChI=1S/C19H34N6O6S3/c1-2-3-4-5-12-19(32(26,27)23-16-9-6-13-20,33(28,29)24-17-10-7-14-21)34(30,31)25-18-11-8-15-22/h23-25H,2-12,16-18H2,1H3. The molecule has 0 radical (unpaired) electrons. The van der Waals surface area contributed by atoms with Gasteiger partial charge in [0.25, 0.3) is 0 Å². The summed E-state index contributed by atoms with van der Waals surface area (Å²) in [5.41, 5.74) is 0. The van der Waals surface area contributed by atoms with E-state index in [1.807, 2.05) is 25.1 Å². The van der Waals surface area contributed by atoms with Crippen molar-refractivity contribution in [2.24, 2.45) is 0 Å². The fraction of sp³-hybridized carbons (Fsp3) is 0.842. The van der Waals surface area contributed by atoms with E-state index in [2.05, 4.69) is 14.2 Å². The third kappa shape index (κ3) is 9.10. The first-order chi connectivity index (χ1) is 16.0. The molecule has 0 atom stereocenters. The van der Waals surface area contributed by atoms with Gasteiger partial charge in [0, 0.05) is 45.3 Å². The average molecular weight is 539 g/mol. The second kappa shape index (κ2) is 16.0. The van der Waals surface area contributed by atoms with E-state index in [-0.39, 0.29) is 64.6 Å². The predicted molar refractivity (Wildman–Crippen MR) is 127 cm³/mol. The van der Waals surface area contributed by atoms with Crippen LogP contribution in [0.4, 0.5) is 0 Å². The Morgan fingerprint density at radius 1 is 0.588 bits per heavy atom. The van der Waals surface area contributed by atoms with Gasteiger partial charge in [0.15, 0.2) is 0 Å². The van der Waals surface area contributed by atoms with E-state index in [9.17, 15) is 25.3 Å². The van der Waals surface area contributed by atoms with Crippen LogP contribution in [0.3, 0.4) is 0 Å². The molecule has 194 valence electrons. The van der Waals surface area contributed by atoms with Crippen LogP contribution >= 0.6 is 0 Å². The smallest absolute Gasteiger partial charge is 0.213 e. The van der Waals surface area contributed by atoms with Gasteiger partial charge in [-0.1, -0.05) is 26.2 Å². The molecular formula is C19H34N6O6S3. The minimum atomic E-state index is -5.04. The summed E-state index contributed by atoms with van der Waals surface area (Å²) < 4.78 is 83.4. The first kappa shape index (κ1) is 32.2. The summed E-state index contributed by atoms with van der Waals surface area (Å²) in [4.78, 5) is 0. The first-order valence-electron chi connectivity index (χ1n) is 11.1. The van der Waals surface area contributed by atoms with E-state index in [1.165, 1.54) is 0 Å². The summed E-state index contributed by atoms with van der Waals surface area (Å²) in [5.74, 6) is 0. The molecule has 0 aliphatic carbocycles. The van der Waals surface area contributed by atoms with Crippen molar-refractivity contribution in [1.82, 2.24) is 14.2 Å². The molecule has 3 N–H and O–H groups in total. The average Bonchev–Trinajstić information content (AvgIpc) is 2.77. The van der Waals surface area contributed by atoms with Gasteiger partial charge < -0.3 is 0 Å². The fourth-order valence-corrected chi connectivity index (χ4v) is 10.7. The normalized spacial score (nSPS) is 12.5. The van der Waals surface area contributed by atoms with Crippen molar-refractivity contribution in [2.75, 3.05) is 19.6 Å². The van der Waals surface area contributed by atoms with Gasteiger partial charge in [-0.05, 0) is 25.7 Å². The Kier molecular flexibility index (Phi) is 15.1. The molecule has 0 amide bonds. The molecule has 0 aliphatic rings. The van der Waals surface area contributed by atoms with Crippen LogP contribution in [0.2, 0.25) is 0 Å². The summed E-state index contributed by atoms with van der Waals surface area (Å²) in [5, 5.41) is 26.0. The number of rotatable bonds is 20. The third-order valence-corrected chi connectivity index (χ3v) is 13.6. The maximum Gasteiger partial charge on any atom is 0.313 e. The van der Waals surface area contributed by atoms with Gasteiger partial charge in [-0.25, -0.2) is 39.4 Å². The Morgan fingerprint density at radius 2 is 0.941 bits per heavy atom. The van der Waals surface area contributed by atoms with Crippen molar-refractivity contribution < 1.29 is 25.3 Å². The first-order valence-corrected chi connectivity index (χ1v) is 15.5. The van der Waals surface area contributed by atoms with Gasteiger partial charge in [-0.3, -0.25) is 0 Å². The molecule has 0 fully saturated rings. The topological polar surface area (TPSA) is 210 Å². The lowest BCUT2D eigenvalue weighted by molar-refractivity contribution is 0.509. The van der Waals surface area contributed by atoms with Gasteiger partial charge in [-0.2, -0.15) is 15.8 Å². The molecule has 0 aromatic rings. The minimum absolute atomic E-state index is 0.00512. The van der Waals surface area contributed by atoms with Gasteiger partial charge in [0.2, 0.25) is 30.1 Å². The zero-order valence-electron chi connectivity index (χ0n) is 19.4. The summed E-state index contributed by atoms with van der Waals surface area (Å²) >= 11 is 0. The molecule has 12 nitrogen and oxygen atoms in total. The van der Waals surface area contributed by atoms with E-state index < -0.39 is 39.9 Å². The minimum Gasteiger partial charge on any atom is -0.213 e. The van der Waals surface area contributed by atoms with Crippen molar-refractivity contribution in [1.29, 1.82) is 15.8 Å². The number of hydrogen-bond acceptors (Lipinski definition) is 9. The Morgan fingerprint density at radius 3 is 1.24 bits per heavy atom. The van der Waals surface area contributed by atoms with Crippen LogP contribution in [0.5, 0.6) is 0 Å². The van der Waals surface area contributed by atoms with Crippen LogP contribution < -0.4 is 14.2 Å². The van der Waals surface area contributed by atoms with Crippen LogP contribution in [0.1, 0.15) is 77.6 Å². The highest BCUT2D eigenvalue weighted by molar-refractivity contribution is 8.24. The number of nitriles is 3. The highest BCUT2D eigenvalue weighted by atomic mass is 32.3. The SMILES string of the molecule is CCCCCCC(S(=O)(=O)NCCCC#N)(S(=O)(=O)NCCCC#N)S(=O)(=O)NCCCC#N. The number of sulfonamides is 3. The van der Waals surface area contributed by atoms with Gasteiger partial charge in [0.1, 0.15) is 0 Å². The molecule has 0 aromatic carbocycles. The highest BCUT2D eigenvalue weighted by Gasteiger charge is 2.64. The Hall–Kier alpha value is -1.80. The third-order valence-electron chi connectivity index (χ3n) is 4.84. The quantitative estimate of drug-likeness (QED) is 0.190. The molecule has 0 aliphatic heterocycles. The maximum absolute atomic E-state index is 13.4. The summed E-state index contributed by atoms with van der Waals surface area (Å²) in [6, 6.07) is 5.50. The van der Waals surface area contributed by atoms with Crippen LogP contribution in [0, 0.1) is 34.0 Å². The molecule has 0 rings (SSSR count). The van der Waals surface area contributed by atoms with Crippen molar-refractivity contribution in [3.63, 3.8) is 0 Å². The van der Waals surface area contributed by atoms with Crippen LogP contribution in [0.15, 0.2) is 0 Å². The molecule has 0 bridgehead atoms. The molecule has 0 saturated heterocycles. The van der Waals surface area contributed by atoms with E-state index in [0.717, 1.165) is 6.42 Å². The molecule has 0 aromatic heterocycles. The molecule has 15 heteroatoms. The summed E-state index contributed by atoms with van der Waals surface area (Å²) in [6.07, 6.45) is 1.26. The summed E-state index contributed by atoms with van der Waals surface area (Å²) in [7, 11) is -15.1. The lowest BCUT2D eigenvalue weighted by Gasteiger charge is -2.32. The second-order valence-electron chi connectivity index (χ2n) is 7.47. The fourth-order valence-electron chi connectivity index (χ4n) is 3.06. The Labute approximate surface area is 203 Å². The predicted octanol–water partition coefficient (Wildman–Crippen LogP) is 1.28. The largest absolute Gasteiger partial charge is 0.313 e. The lowest BCUT2D eigenvalue weighted by Crippen LogP contribution is -2.63. The van der Waals surface area contributed by atoms with Crippen molar-refractivity contribution in [3.05, 3.63) is 0 Å². The van der Waals surface area contributed by atoms with Crippen LogP contribution in [-0.2, 0) is 30.1 Å². The van der Waals surface area contributed by atoms with Crippen LogP contribution in [0.25, 0.3) is 0 Å². The van der Waals surface area contributed by atoms with Crippen molar-refractivity contribution in [2.45, 2.75) is 81.0 Å². The van der Waals surface area contributed by atoms with E-state index in [0.29, 0.717) is 12.8 Å². The Balaban J connectivity index is 6.52. The molecule has 0 spiro atoms. The Bertz CT molecular complexity index is 927. The van der Waals surface area contributed by atoms with E-state index in [1.54, 1.807) is 0 Å². The van der Waals surface area contributed by atoms with Crippen molar-refractivity contribution in [3.8, 4) is 18.2 Å². The van der Waals surface area contributed by atoms with Gasteiger partial charge in [-0.15, -0.1) is 0 Å². The molecule has 0 heterocycles. The van der Waals surface area contributed by atoms with E-state index in [4.69, 9.17) is 15.8 Å². The lowest BCUT2D eigenvalue weighted by atomic mass is 10.2. The molecule has 34 heavy (non-hydrogen) atoms. The number of nitrogens with one attached hydrogen (secondary N) is 3. The molecular weight excluding hydrogens is 504 g/mol. The number of nitrogens with zero attached hydrogens (tertiary/aromatic N) is 3. The van der Waals surface area contributed by atoms with E-state index >= 15 is 0 Å². The second-order valence-corrected chi connectivity index (χ2v) is 14.2. The van der Waals surface area contributed by atoms with Gasteiger partial charge in [0.05, 0.1) is 18.2 Å². The van der Waals surface area contributed by atoms with Gasteiger partial charge >= 0.3 is 3.41 Å². The van der Waals surface area contributed by atoms with Crippen LogP contribution in [-0.4, -0.2) is 48.3 Å². The maximum atomic E-state index is 13.4. The zero-order chi connectivity index (χ0) is 26.1. The van der Waals surface area contributed by atoms with Crippen molar-refractivity contribution >= 4 is 30.1 Å². The molecule has 0 unspecified atom stereocenters. The molecule has 0 saturated carbocycles. The number of unbranched alkanes of at least 4 members (excludes halogenated alkanes) is 6. The number of hydrogen-bond donors (Lipinski definition) is 3. The zero-order valence-corrected chi connectivity index (χ0v) is 21.9.